The van der Waals surface area contributed by atoms with Crippen LogP contribution < -0.4 is 5.73 Å². The van der Waals surface area contributed by atoms with Gasteiger partial charge in [0, 0.05) is 12.7 Å². The molecule has 2 N–H and O–H groups in total. The molecule has 0 amide bonds. The smallest absolute Gasteiger partial charge is 0.0573 e. The first-order chi connectivity index (χ1) is 5.25. The molecule has 0 aliphatic rings. The first-order valence-electron chi connectivity index (χ1n) is 3.89. The van der Waals surface area contributed by atoms with Gasteiger partial charge in [0.2, 0.25) is 0 Å². The summed E-state index contributed by atoms with van der Waals surface area (Å²) in [4.78, 5) is 4.19. The lowest BCUT2D eigenvalue weighted by atomic mass is 10.0. The second-order valence-corrected chi connectivity index (χ2v) is 2.90. The molecule has 4 heteroatoms. The number of halogens is 2. The lowest BCUT2D eigenvalue weighted by molar-refractivity contribution is 0.817. The van der Waals surface area contributed by atoms with E-state index in [0.29, 0.717) is 12.5 Å². The second kappa shape index (κ2) is 7.13. The van der Waals surface area contributed by atoms with E-state index in [4.69, 9.17) is 5.73 Å². The van der Waals surface area contributed by atoms with Crippen molar-refractivity contribution in [2.75, 3.05) is 0 Å². The number of hydrogen-bond donors (Lipinski definition) is 1. The lowest BCUT2D eigenvalue weighted by Crippen LogP contribution is -2.04. The molecule has 0 spiro atoms. The number of hydrogen-bond acceptors (Lipinski definition) is 2. The Labute approximate surface area is 91.8 Å². The minimum Gasteiger partial charge on any atom is -0.325 e. The standard InChI is InChI=1S/C9H14N2.2ClH/c1-7(2)8-4-3-5-11-9(8)6-10;;/h3-5,7H,6,10H2,1-2H3;2*1H. The van der Waals surface area contributed by atoms with E-state index in [0.717, 1.165) is 5.69 Å². The molecule has 13 heavy (non-hydrogen) atoms. The molecule has 0 aliphatic heterocycles. The highest BCUT2D eigenvalue weighted by molar-refractivity contribution is 5.85. The molecule has 2 nitrogen and oxygen atoms in total. The number of pyridine rings is 1. The number of rotatable bonds is 2. The molecule has 0 unspecified atom stereocenters. The number of aromatic nitrogens is 1. The largest absolute Gasteiger partial charge is 0.325 e. The molecular formula is C9H16Cl2N2. The Morgan fingerprint density at radius 1 is 1.38 bits per heavy atom. The average Bonchev–Trinajstić information content (AvgIpc) is 2.04. The van der Waals surface area contributed by atoms with E-state index in [1.54, 1.807) is 6.20 Å². The van der Waals surface area contributed by atoms with Crippen LogP contribution >= 0.6 is 24.8 Å². The third kappa shape index (κ3) is 3.94. The summed E-state index contributed by atoms with van der Waals surface area (Å²) < 4.78 is 0. The summed E-state index contributed by atoms with van der Waals surface area (Å²) in [7, 11) is 0. The van der Waals surface area contributed by atoms with Crippen LogP contribution in [0.3, 0.4) is 0 Å². The molecule has 0 fully saturated rings. The predicted molar refractivity (Wildman–Crippen MR) is 60.7 cm³/mol. The van der Waals surface area contributed by atoms with Gasteiger partial charge in [-0.3, -0.25) is 4.98 Å². The minimum absolute atomic E-state index is 0. The highest BCUT2D eigenvalue weighted by atomic mass is 35.5. The van der Waals surface area contributed by atoms with Gasteiger partial charge in [-0.2, -0.15) is 0 Å². The van der Waals surface area contributed by atoms with Gasteiger partial charge in [0.15, 0.2) is 0 Å². The van der Waals surface area contributed by atoms with Gasteiger partial charge in [-0.25, -0.2) is 0 Å². The normalized spacial score (nSPS) is 8.92. The van der Waals surface area contributed by atoms with Gasteiger partial charge in [0.05, 0.1) is 5.69 Å². The van der Waals surface area contributed by atoms with Crippen molar-refractivity contribution < 1.29 is 0 Å². The zero-order valence-electron chi connectivity index (χ0n) is 7.86. The van der Waals surface area contributed by atoms with Crippen molar-refractivity contribution in [2.24, 2.45) is 5.73 Å². The van der Waals surface area contributed by atoms with Crippen molar-refractivity contribution in [1.82, 2.24) is 4.98 Å². The maximum Gasteiger partial charge on any atom is 0.0573 e. The molecule has 0 aliphatic carbocycles. The van der Waals surface area contributed by atoms with Crippen molar-refractivity contribution in [3.63, 3.8) is 0 Å². The molecule has 0 radical (unpaired) electrons. The van der Waals surface area contributed by atoms with Gasteiger partial charge >= 0.3 is 0 Å². The SMILES string of the molecule is CC(C)c1cccnc1CN.Cl.Cl. The van der Waals surface area contributed by atoms with Crippen molar-refractivity contribution in [1.29, 1.82) is 0 Å². The van der Waals surface area contributed by atoms with Crippen LogP contribution in [0.2, 0.25) is 0 Å². The van der Waals surface area contributed by atoms with Crippen molar-refractivity contribution in [3.05, 3.63) is 29.6 Å². The van der Waals surface area contributed by atoms with Crippen LogP contribution in [-0.4, -0.2) is 4.98 Å². The Balaban J connectivity index is 0. The second-order valence-electron chi connectivity index (χ2n) is 2.90. The van der Waals surface area contributed by atoms with Crippen molar-refractivity contribution in [2.45, 2.75) is 26.3 Å². The van der Waals surface area contributed by atoms with Crippen LogP contribution in [0, 0.1) is 0 Å². The van der Waals surface area contributed by atoms with E-state index in [-0.39, 0.29) is 24.8 Å². The zero-order chi connectivity index (χ0) is 8.27. The summed E-state index contributed by atoms with van der Waals surface area (Å²) in [6, 6.07) is 4.04. The third-order valence-electron chi connectivity index (χ3n) is 1.74. The summed E-state index contributed by atoms with van der Waals surface area (Å²) in [6.45, 7) is 4.83. The van der Waals surface area contributed by atoms with Crippen LogP contribution in [0.1, 0.15) is 31.0 Å². The molecule has 0 aromatic carbocycles. The topological polar surface area (TPSA) is 38.9 Å². The van der Waals surface area contributed by atoms with Crippen molar-refractivity contribution in [3.8, 4) is 0 Å². The van der Waals surface area contributed by atoms with Crippen LogP contribution in [0.4, 0.5) is 0 Å². The van der Waals surface area contributed by atoms with Crippen LogP contribution in [0.25, 0.3) is 0 Å². The van der Waals surface area contributed by atoms with Crippen LogP contribution in [-0.2, 0) is 6.54 Å². The molecule has 0 atom stereocenters. The Kier molecular flexibility index (Phi) is 8.32. The lowest BCUT2D eigenvalue weighted by Gasteiger charge is -2.08. The minimum atomic E-state index is 0. The van der Waals surface area contributed by atoms with E-state index < -0.39 is 0 Å². The van der Waals surface area contributed by atoms with Crippen LogP contribution in [0.5, 0.6) is 0 Å². The first-order valence-corrected chi connectivity index (χ1v) is 3.89. The van der Waals surface area contributed by atoms with E-state index in [1.807, 2.05) is 6.07 Å². The van der Waals surface area contributed by atoms with Gasteiger partial charge in [0.25, 0.3) is 0 Å². The van der Waals surface area contributed by atoms with Gasteiger partial charge in [0.1, 0.15) is 0 Å². The third-order valence-corrected chi connectivity index (χ3v) is 1.74. The van der Waals surface area contributed by atoms with Gasteiger partial charge < -0.3 is 5.73 Å². The Morgan fingerprint density at radius 2 is 2.00 bits per heavy atom. The molecule has 0 saturated heterocycles. The molecule has 0 bridgehead atoms. The van der Waals surface area contributed by atoms with E-state index in [2.05, 4.69) is 24.9 Å². The molecule has 1 rings (SSSR count). The molecular weight excluding hydrogens is 207 g/mol. The maximum atomic E-state index is 5.53. The highest BCUT2D eigenvalue weighted by Gasteiger charge is 2.03. The number of nitrogens with zero attached hydrogens (tertiary/aromatic N) is 1. The Hall–Kier alpha value is -0.310. The molecule has 1 heterocycles. The first kappa shape index (κ1) is 15.2. The fraction of sp³-hybridized carbons (Fsp3) is 0.444. The summed E-state index contributed by atoms with van der Waals surface area (Å²) in [5.41, 5.74) is 7.80. The van der Waals surface area contributed by atoms with Crippen LogP contribution in [0.15, 0.2) is 18.3 Å². The fourth-order valence-corrected chi connectivity index (χ4v) is 1.15. The Morgan fingerprint density at radius 3 is 2.38 bits per heavy atom. The monoisotopic (exact) mass is 222 g/mol. The van der Waals surface area contributed by atoms with E-state index in [1.165, 1.54) is 5.56 Å². The maximum absolute atomic E-state index is 5.53. The Bertz CT molecular complexity index is 239. The van der Waals surface area contributed by atoms with E-state index in [9.17, 15) is 0 Å². The van der Waals surface area contributed by atoms with E-state index >= 15 is 0 Å². The molecule has 1 aromatic heterocycles. The van der Waals surface area contributed by atoms with Gasteiger partial charge in [-0.15, -0.1) is 24.8 Å². The zero-order valence-corrected chi connectivity index (χ0v) is 9.49. The number of nitrogens with two attached hydrogens (primary N) is 1. The molecule has 76 valence electrons. The summed E-state index contributed by atoms with van der Waals surface area (Å²) >= 11 is 0. The summed E-state index contributed by atoms with van der Waals surface area (Å²) in [5.74, 6) is 0.516. The molecule has 1 aromatic rings. The quantitative estimate of drug-likeness (QED) is 0.836. The van der Waals surface area contributed by atoms with Crippen molar-refractivity contribution >= 4 is 24.8 Å². The average molecular weight is 223 g/mol. The summed E-state index contributed by atoms with van der Waals surface area (Å²) in [6.07, 6.45) is 1.79. The fourth-order valence-electron chi connectivity index (χ4n) is 1.15. The highest BCUT2D eigenvalue weighted by Crippen LogP contribution is 2.16. The van der Waals surface area contributed by atoms with Gasteiger partial charge in [-0.1, -0.05) is 19.9 Å². The predicted octanol–water partition coefficient (Wildman–Crippen LogP) is 2.51. The molecule has 0 saturated carbocycles. The summed E-state index contributed by atoms with van der Waals surface area (Å²) in [5, 5.41) is 0. The van der Waals surface area contributed by atoms with Gasteiger partial charge in [-0.05, 0) is 17.5 Å².